The van der Waals surface area contributed by atoms with Gasteiger partial charge in [0.1, 0.15) is 0 Å². The van der Waals surface area contributed by atoms with Crippen LogP contribution in [0.4, 0.5) is 14.5 Å². The van der Waals surface area contributed by atoms with Gasteiger partial charge in [-0.1, -0.05) is 18.7 Å². The van der Waals surface area contributed by atoms with Crippen LogP contribution in [0.25, 0.3) is 0 Å². The van der Waals surface area contributed by atoms with Gasteiger partial charge in [-0.3, -0.25) is 4.68 Å². The number of halogens is 2. The summed E-state index contributed by atoms with van der Waals surface area (Å²) in [6, 6.07) is 7.00. The van der Waals surface area contributed by atoms with Gasteiger partial charge in [0.15, 0.2) is 0 Å². The van der Waals surface area contributed by atoms with Gasteiger partial charge in [0, 0.05) is 35.4 Å². The van der Waals surface area contributed by atoms with Crippen LogP contribution in [-0.2, 0) is 13.1 Å². The number of nitrogens with zero attached hydrogens (tertiary/aromatic N) is 2. The molecule has 1 N–H and O–H groups in total. The highest BCUT2D eigenvalue weighted by Crippen LogP contribution is 2.26. The van der Waals surface area contributed by atoms with Gasteiger partial charge in [-0.25, -0.2) is 0 Å². The molecule has 20 heavy (non-hydrogen) atoms. The molecule has 0 spiro atoms. The van der Waals surface area contributed by atoms with E-state index in [1.165, 1.54) is 0 Å². The summed E-state index contributed by atoms with van der Waals surface area (Å²) in [5.41, 5.74) is 2.01. The number of hydrogen-bond donors (Lipinski definition) is 1. The molecule has 0 aliphatic heterocycles. The predicted molar refractivity (Wildman–Crippen MR) is 78.1 cm³/mol. The number of rotatable bonds is 7. The van der Waals surface area contributed by atoms with Crippen LogP contribution in [0.1, 0.15) is 18.9 Å². The highest BCUT2D eigenvalue weighted by atomic mass is 32.2. The third-order valence-corrected chi connectivity index (χ3v) is 3.44. The SMILES string of the molecule is CCCn1cc(CNc2ccc(SC(F)F)cc2)cn1. The zero-order valence-corrected chi connectivity index (χ0v) is 12.0. The predicted octanol–water partition coefficient (Wildman–Crippen LogP) is 4.22. The highest BCUT2D eigenvalue weighted by molar-refractivity contribution is 7.99. The van der Waals surface area contributed by atoms with E-state index in [1.807, 2.05) is 17.1 Å². The molecule has 0 aliphatic carbocycles. The van der Waals surface area contributed by atoms with E-state index >= 15 is 0 Å². The van der Waals surface area contributed by atoms with E-state index < -0.39 is 5.76 Å². The van der Waals surface area contributed by atoms with E-state index in [1.54, 1.807) is 24.3 Å². The fourth-order valence-electron chi connectivity index (χ4n) is 1.81. The maximum absolute atomic E-state index is 12.2. The number of aryl methyl sites for hydroxylation is 1. The average Bonchev–Trinajstić information content (AvgIpc) is 2.86. The van der Waals surface area contributed by atoms with Crippen molar-refractivity contribution in [3.8, 4) is 0 Å². The van der Waals surface area contributed by atoms with E-state index in [0.717, 1.165) is 24.2 Å². The molecule has 0 radical (unpaired) electrons. The molecule has 0 bridgehead atoms. The van der Waals surface area contributed by atoms with E-state index in [2.05, 4.69) is 17.3 Å². The normalized spacial score (nSPS) is 11.0. The van der Waals surface area contributed by atoms with E-state index in [9.17, 15) is 8.78 Å². The lowest BCUT2D eigenvalue weighted by molar-refractivity contribution is 0.252. The molecule has 1 heterocycles. The first-order valence-corrected chi connectivity index (χ1v) is 7.35. The number of thioether (sulfide) groups is 1. The third-order valence-electron chi connectivity index (χ3n) is 2.72. The van der Waals surface area contributed by atoms with Crippen LogP contribution >= 0.6 is 11.8 Å². The lowest BCUT2D eigenvalue weighted by Gasteiger charge is -2.06. The van der Waals surface area contributed by atoms with Crippen LogP contribution in [0.2, 0.25) is 0 Å². The minimum absolute atomic E-state index is 0.556. The molecule has 3 nitrogen and oxygen atoms in total. The van der Waals surface area contributed by atoms with E-state index in [0.29, 0.717) is 23.2 Å². The molecular formula is C14H17F2N3S. The van der Waals surface area contributed by atoms with Crippen molar-refractivity contribution in [2.24, 2.45) is 0 Å². The fraction of sp³-hybridized carbons (Fsp3) is 0.357. The second-order valence-electron chi connectivity index (χ2n) is 4.37. The molecule has 2 aromatic rings. The van der Waals surface area contributed by atoms with Crippen LogP contribution in [0.5, 0.6) is 0 Å². The maximum atomic E-state index is 12.2. The first-order valence-electron chi connectivity index (χ1n) is 6.47. The minimum atomic E-state index is -2.38. The van der Waals surface area contributed by atoms with Crippen molar-refractivity contribution in [2.45, 2.75) is 37.1 Å². The summed E-state index contributed by atoms with van der Waals surface area (Å²) in [6.45, 7) is 3.70. The Balaban J connectivity index is 1.86. The molecule has 108 valence electrons. The summed E-state index contributed by atoms with van der Waals surface area (Å²) < 4.78 is 26.3. The molecule has 6 heteroatoms. The zero-order chi connectivity index (χ0) is 14.4. The smallest absolute Gasteiger partial charge is 0.288 e. The second kappa shape index (κ2) is 7.28. The Bertz CT molecular complexity index is 525. The monoisotopic (exact) mass is 297 g/mol. The Labute approximate surface area is 121 Å². The van der Waals surface area contributed by atoms with Gasteiger partial charge in [0.05, 0.1) is 6.20 Å². The highest BCUT2D eigenvalue weighted by Gasteiger charge is 2.04. The summed E-state index contributed by atoms with van der Waals surface area (Å²) in [7, 11) is 0. The number of nitrogens with one attached hydrogen (secondary N) is 1. The number of aromatic nitrogens is 2. The van der Waals surface area contributed by atoms with Crippen molar-refractivity contribution in [3.05, 3.63) is 42.2 Å². The minimum Gasteiger partial charge on any atom is -0.381 e. The van der Waals surface area contributed by atoms with E-state index in [-0.39, 0.29) is 0 Å². The van der Waals surface area contributed by atoms with Crippen molar-refractivity contribution >= 4 is 17.4 Å². The lowest BCUT2D eigenvalue weighted by atomic mass is 10.3. The van der Waals surface area contributed by atoms with Crippen LogP contribution in [-0.4, -0.2) is 15.5 Å². The molecule has 0 saturated carbocycles. The van der Waals surface area contributed by atoms with Gasteiger partial charge >= 0.3 is 0 Å². The van der Waals surface area contributed by atoms with Crippen molar-refractivity contribution in [3.63, 3.8) is 0 Å². The van der Waals surface area contributed by atoms with E-state index in [4.69, 9.17) is 0 Å². The summed E-state index contributed by atoms with van der Waals surface area (Å²) >= 11 is 0.556. The summed E-state index contributed by atoms with van der Waals surface area (Å²) in [5.74, 6) is -2.38. The number of hydrogen-bond acceptors (Lipinski definition) is 3. The number of alkyl halides is 2. The molecule has 0 amide bonds. The summed E-state index contributed by atoms with van der Waals surface area (Å²) in [4.78, 5) is 0.571. The second-order valence-corrected chi connectivity index (χ2v) is 5.43. The summed E-state index contributed by atoms with van der Waals surface area (Å²) in [6.07, 6.45) is 4.90. The first kappa shape index (κ1) is 14.8. The van der Waals surface area contributed by atoms with Crippen LogP contribution in [0.15, 0.2) is 41.6 Å². The Morgan fingerprint density at radius 1 is 1.30 bits per heavy atom. The first-order chi connectivity index (χ1) is 9.67. The van der Waals surface area contributed by atoms with Gasteiger partial charge in [-0.2, -0.15) is 13.9 Å². The molecule has 0 aliphatic rings. The van der Waals surface area contributed by atoms with Gasteiger partial charge in [0.2, 0.25) is 0 Å². The fourth-order valence-corrected chi connectivity index (χ4v) is 2.31. The standard InChI is InChI=1S/C14H17F2N3S/c1-2-7-19-10-11(9-18-19)8-17-12-3-5-13(6-4-12)20-14(15)16/h3-6,9-10,14,17H,2,7-8H2,1H3. The van der Waals surface area contributed by atoms with Crippen molar-refractivity contribution < 1.29 is 8.78 Å². The number of benzene rings is 1. The summed E-state index contributed by atoms with van der Waals surface area (Å²) in [5, 5.41) is 7.50. The van der Waals surface area contributed by atoms with Crippen molar-refractivity contribution in [1.82, 2.24) is 9.78 Å². The quantitative estimate of drug-likeness (QED) is 0.776. The van der Waals surface area contributed by atoms with Crippen LogP contribution < -0.4 is 5.32 Å². The van der Waals surface area contributed by atoms with Gasteiger partial charge in [-0.15, -0.1) is 0 Å². The Morgan fingerprint density at radius 2 is 2.05 bits per heavy atom. The van der Waals surface area contributed by atoms with Crippen LogP contribution in [0, 0.1) is 0 Å². The topological polar surface area (TPSA) is 29.9 Å². The van der Waals surface area contributed by atoms with Crippen molar-refractivity contribution in [1.29, 1.82) is 0 Å². The zero-order valence-electron chi connectivity index (χ0n) is 11.2. The van der Waals surface area contributed by atoms with Gasteiger partial charge in [-0.05, 0) is 30.7 Å². The average molecular weight is 297 g/mol. The molecule has 0 unspecified atom stereocenters. The molecular weight excluding hydrogens is 280 g/mol. The Morgan fingerprint density at radius 3 is 2.70 bits per heavy atom. The largest absolute Gasteiger partial charge is 0.381 e. The molecule has 0 atom stereocenters. The molecule has 1 aromatic carbocycles. The third kappa shape index (κ3) is 4.52. The van der Waals surface area contributed by atoms with Crippen LogP contribution in [0.3, 0.4) is 0 Å². The number of anilines is 1. The van der Waals surface area contributed by atoms with Crippen molar-refractivity contribution in [2.75, 3.05) is 5.32 Å². The molecule has 0 fully saturated rings. The lowest BCUT2D eigenvalue weighted by Crippen LogP contribution is -1.99. The van der Waals surface area contributed by atoms with Gasteiger partial charge in [0.25, 0.3) is 5.76 Å². The Kier molecular flexibility index (Phi) is 5.40. The Hall–Kier alpha value is -1.56. The van der Waals surface area contributed by atoms with Gasteiger partial charge < -0.3 is 5.32 Å². The molecule has 2 rings (SSSR count). The maximum Gasteiger partial charge on any atom is 0.288 e. The molecule has 0 saturated heterocycles. The molecule has 1 aromatic heterocycles.